The minimum absolute atomic E-state index is 0.0352. The van der Waals surface area contributed by atoms with Crippen LogP contribution in [0, 0.1) is 5.82 Å². The summed E-state index contributed by atoms with van der Waals surface area (Å²) in [5.41, 5.74) is 1.28. The number of aromatic amines is 1. The molecule has 7 heteroatoms. The number of likely N-dealkylation sites (tertiary alicyclic amines) is 1. The van der Waals surface area contributed by atoms with Crippen molar-refractivity contribution in [3.05, 3.63) is 47.9 Å². The van der Waals surface area contributed by atoms with Crippen molar-refractivity contribution in [2.24, 2.45) is 0 Å². The molecule has 4 rings (SSSR count). The number of piperidine rings is 1. The highest BCUT2D eigenvalue weighted by Gasteiger charge is 2.27. The molecule has 6 nitrogen and oxygen atoms in total. The maximum Gasteiger partial charge on any atom is 0.270 e. The van der Waals surface area contributed by atoms with E-state index < -0.39 is 0 Å². The molecule has 0 atom stereocenters. The van der Waals surface area contributed by atoms with Crippen molar-refractivity contribution in [3.8, 4) is 0 Å². The number of fused-ring (bicyclic) bond motifs is 1. The molecule has 0 saturated carbocycles. The van der Waals surface area contributed by atoms with Crippen LogP contribution in [0.3, 0.4) is 0 Å². The van der Waals surface area contributed by atoms with E-state index in [9.17, 15) is 9.18 Å². The predicted octanol–water partition coefficient (Wildman–Crippen LogP) is 2.94. The number of hydrogen-bond donors (Lipinski definition) is 1. The van der Waals surface area contributed by atoms with Crippen molar-refractivity contribution in [2.45, 2.75) is 32.2 Å². The summed E-state index contributed by atoms with van der Waals surface area (Å²) in [6.07, 6.45) is 3.51. The van der Waals surface area contributed by atoms with Crippen molar-refractivity contribution in [2.75, 3.05) is 13.1 Å². The number of amides is 1. The molecule has 0 bridgehead atoms. The Balaban J connectivity index is 1.47. The summed E-state index contributed by atoms with van der Waals surface area (Å²) >= 11 is 0. The van der Waals surface area contributed by atoms with Gasteiger partial charge in [-0.25, -0.2) is 4.39 Å². The molecule has 130 valence electrons. The van der Waals surface area contributed by atoms with Gasteiger partial charge in [0, 0.05) is 36.5 Å². The lowest BCUT2D eigenvalue weighted by atomic mass is 9.95. The van der Waals surface area contributed by atoms with Crippen LogP contribution >= 0.6 is 0 Å². The molecule has 1 aromatic carbocycles. The van der Waals surface area contributed by atoms with E-state index >= 15 is 0 Å². The van der Waals surface area contributed by atoms with Crippen LogP contribution < -0.4 is 0 Å². The summed E-state index contributed by atoms with van der Waals surface area (Å²) in [7, 11) is 0. The summed E-state index contributed by atoms with van der Waals surface area (Å²) in [6, 6.07) is 6.21. The molecule has 3 heterocycles. The van der Waals surface area contributed by atoms with Crippen LogP contribution in [0.4, 0.5) is 4.39 Å². The average Bonchev–Trinajstić information content (AvgIpc) is 3.27. The first-order valence-electron chi connectivity index (χ1n) is 8.61. The number of nitrogens with zero attached hydrogens (tertiary/aromatic N) is 4. The van der Waals surface area contributed by atoms with E-state index in [0.29, 0.717) is 30.1 Å². The van der Waals surface area contributed by atoms with Crippen LogP contribution in [0.1, 0.15) is 42.0 Å². The van der Waals surface area contributed by atoms with E-state index in [1.54, 1.807) is 18.5 Å². The molecule has 0 spiro atoms. The highest BCUT2D eigenvalue weighted by atomic mass is 19.1. The molecule has 1 saturated heterocycles. The van der Waals surface area contributed by atoms with Crippen molar-refractivity contribution >= 4 is 16.8 Å². The first kappa shape index (κ1) is 15.8. The molecule has 0 unspecified atom stereocenters. The number of rotatable bonds is 3. The Kier molecular flexibility index (Phi) is 3.99. The van der Waals surface area contributed by atoms with Crippen LogP contribution in [0.2, 0.25) is 0 Å². The molecule has 1 N–H and O–H groups in total. The molecule has 1 fully saturated rings. The zero-order valence-electron chi connectivity index (χ0n) is 14.1. The lowest BCUT2D eigenvalue weighted by Crippen LogP contribution is -2.38. The zero-order chi connectivity index (χ0) is 17.4. The van der Waals surface area contributed by atoms with Crippen LogP contribution in [-0.2, 0) is 6.54 Å². The fourth-order valence-electron chi connectivity index (χ4n) is 3.55. The molecular formula is C18H20FN5O. The second kappa shape index (κ2) is 6.31. The fraction of sp³-hybridized carbons (Fsp3) is 0.389. The highest BCUT2D eigenvalue weighted by Crippen LogP contribution is 2.27. The molecule has 1 aliphatic heterocycles. The molecular weight excluding hydrogens is 321 g/mol. The summed E-state index contributed by atoms with van der Waals surface area (Å²) in [6.45, 7) is 4.30. The summed E-state index contributed by atoms with van der Waals surface area (Å²) in [4.78, 5) is 17.7. The van der Waals surface area contributed by atoms with Gasteiger partial charge >= 0.3 is 0 Å². The van der Waals surface area contributed by atoms with E-state index in [1.165, 1.54) is 12.1 Å². The molecule has 0 radical (unpaired) electrons. The van der Waals surface area contributed by atoms with Crippen LogP contribution in [-0.4, -0.2) is 43.6 Å². The SMILES string of the molecule is CCn1cnnc1C1CCN(C(=O)c2cc3cc(F)ccc3[nH]2)CC1. The molecule has 1 amide bonds. The number of H-pyrrole nitrogens is 1. The minimum Gasteiger partial charge on any atom is -0.351 e. The van der Waals surface area contributed by atoms with Gasteiger partial charge in [0.2, 0.25) is 0 Å². The van der Waals surface area contributed by atoms with Gasteiger partial charge in [-0.3, -0.25) is 4.79 Å². The van der Waals surface area contributed by atoms with Gasteiger partial charge in [-0.1, -0.05) is 0 Å². The van der Waals surface area contributed by atoms with Crippen LogP contribution in [0.5, 0.6) is 0 Å². The monoisotopic (exact) mass is 341 g/mol. The Bertz CT molecular complexity index is 907. The van der Waals surface area contributed by atoms with Crippen molar-refractivity contribution in [1.29, 1.82) is 0 Å². The van der Waals surface area contributed by atoms with Crippen molar-refractivity contribution < 1.29 is 9.18 Å². The average molecular weight is 341 g/mol. The third kappa shape index (κ3) is 2.90. The largest absolute Gasteiger partial charge is 0.351 e. The maximum atomic E-state index is 13.3. The predicted molar refractivity (Wildman–Crippen MR) is 91.8 cm³/mol. The third-order valence-electron chi connectivity index (χ3n) is 4.95. The van der Waals surface area contributed by atoms with Gasteiger partial charge in [-0.2, -0.15) is 0 Å². The number of hydrogen-bond acceptors (Lipinski definition) is 3. The van der Waals surface area contributed by atoms with E-state index in [1.807, 2.05) is 4.90 Å². The lowest BCUT2D eigenvalue weighted by Gasteiger charge is -2.31. The number of nitrogens with one attached hydrogen (secondary N) is 1. The first-order chi connectivity index (χ1) is 12.2. The van der Waals surface area contributed by atoms with E-state index in [0.717, 1.165) is 30.7 Å². The van der Waals surface area contributed by atoms with Gasteiger partial charge in [0.1, 0.15) is 23.7 Å². The first-order valence-corrected chi connectivity index (χ1v) is 8.61. The standard InChI is InChI=1S/C18H20FN5O/c1-2-23-11-20-22-17(23)12-5-7-24(8-6-12)18(25)16-10-13-9-14(19)3-4-15(13)21-16/h3-4,9-12,21H,2,5-8H2,1H3. The zero-order valence-corrected chi connectivity index (χ0v) is 14.1. The lowest BCUT2D eigenvalue weighted by molar-refractivity contribution is 0.0705. The minimum atomic E-state index is -0.300. The van der Waals surface area contributed by atoms with Gasteiger partial charge < -0.3 is 14.5 Å². The number of carbonyl (C=O) groups excluding carboxylic acids is 1. The summed E-state index contributed by atoms with van der Waals surface area (Å²) in [5, 5.41) is 8.96. The molecule has 2 aromatic heterocycles. The molecule has 25 heavy (non-hydrogen) atoms. The molecule has 1 aliphatic rings. The molecule has 3 aromatic rings. The fourth-order valence-corrected chi connectivity index (χ4v) is 3.55. The number of benzene rings is 1. The number of aryl methyl sites for hydroxylation is 1. The maximum absolute atomic E-state index is 13.3. The van der Waals surface area contributed by atoms with Gasteiger partial charge in [-0.05, 0) is 44.0 Å². The Morgan fingerprint density at radius 3 is 2.88 bits per heavy atom. The van der Waals surface area contributed by atoms with Gasteiger partial charge in [0.25, 0.3) is 5.91 Å². The van der Waals surface area contributed by atoms with Gasteiger partial charge in [0.05, 0.1) is 0 Å². The Hall–Kier alpha value is -2.70. The van der Waals surface area contributed by atoms with Gasteiger partial charge in [-0.15, -0.1) is 10.2 Å². The summed E-state index contributed by atoms with van der Waals surface area (Å²) in [5.74, 6) is 1.01. The van der Waals surface area contributed by atoms with E-state index in [2.05, 4.69) is 26.7 Å². The second-order valence-corrected chi connectivity index (χ2v) is 6.46. The Morgan fingerprint density at radius 1 is 1.32 bits per heavy atom. The molecule has 0 aliphatic carbocycles. The van der Waals surface area contributed by atoms with Crippen LogP contribution in [0.25, 0.3) is 10.9 Å². The number of aromatic nitrogens is 4. The number of halogens is 1. The number of carbonyl (C=O) groups is 1. The quantitative estimate of drug-likeness (QED) is 0.796. The van der Waals surface area contributed by atoms with Gasteiger partial charge in [0.15, 0.2) is 0 Å². The normalized spacial score (nSPS) is 15.8. The topological polar surface area (TPSA) is 66.8 Å². The van der Waals surface area contributed by atoms with Crippen molar-refractivity contribution in [3.63, 3.8) is 0 Å². The second-order valence-electron chi connectivity index (χ2n) is 6.46. The summed E-state index contributed by atoms with van der Waals surface area (Å²) < 4.78 is 15.4. The van der Waals surface area contributed by atoms with E-state index in [-0.39, 0.29) is 11.7 Å². The highest BCUT2D eigenvalue weighted by molar-refractivity contribution is 5.98. The Morgan fingerprint density at radius 2 is 2.12 bits per heavy atom. The van der Waals surface area contributed by atoms with Crippen LogP contribution in [0.15, 0.2) is 30.6 Å². The van der Waals surface area contributed by atoms with E-state index in [4.69, 9.17) is 0 Å². The smallest absolute Gasteiger partial charge is 0.270 e. The third-order valence-corrected chi connectivity index (χ3v) is 4.95. The Labute approximate surface area is 144 Å². The van der Waals surface area contributed by atoms with Crippen molar-refractivity contribution in [1.82, 2.24) is 24.6 Å².